The summed E-state index contributed by atoms with van der Waals surface area (Å²) in [6.07, 6.45) is 0. The van der Waals surface area contributed by atoms with Crippen LogP contribution in [0, 0.1) is 11.6 Å². The molecule has 0 atom stereocenters. The van der Waals surface area contributed by atoms with E-state index in [1.54, 1.807) is 30.3 Å². The number of para-hydroxylation sites is 2. The zero-order valence-electron chi connectivity index (χ0n) is 22.9. The number of rotatable bonds is 5. The molecule has 0 bridgehead atoms. The van der Waals surface area contributed by atoms with E-state index in [2.05, 4.69) is 20.4 Å². The molecule has 6 aromatic rings. The molecule has 0 saturated carbocycles. The van der Waals surface area contributed by atoms with Gasteiger partial charge in [-0.25, -0.2) is 8.78 Å². The van der Waals surface area contributed by atoms with Gasteiger partial charge in [-0.15, -0.1) is 20.4 Å². The number of aromatic nitrogens is 4. The summed E-state index contributed by atoms with van der Waals surface area (Å²) >= 11 is 0. The van der Waals surface area contributed by atoms with Crippen molar-refractivity contribution in [3.63, 3.8) is 0 Å². The molecule has 4 aromatic carbocycles. The zero-order chi connectivity index (χ0) is 30.3. The molecule has 8 nitrogen and oxygen atoms in total. The van der Waals surface area contributed by atoms with Crippen LogP contribution in [0.15, 0.2) is 109 Å². The second-order valence-corrected chi connectivity index (χ2v) is 9.25. The molecule has 6 rings (SSSR count). The van der Waals surface area contributed by atoms with Crippen molar-refractivity contribution in [2.75, 3.05) is 18.6 Å². The number of nitrogens with zero attached hydrogens (tertiary/aromatic N) is 4. The van der Waals surface area contributed by atoms with E-state index in [1.807, 2.05) is 60.7 Å². The molecule has 0 spiro atoms. The van der Waals surface area contributed by atoms with Gasteiger partial charge in [-0.2, -0.15) is 0 Å². The predicted molar refractivity (Wildman–Crippen MR) is 163 cm³/mol. The predicted octanol–water partition coefficient (Wildman–Crippen LogP) is 6.78. The fourth-order valence-corrected chi connectivity index (χ4v) is 4.40. The molecule has 0 fully saturated rings. The number of nitrogen functional groups attached to an aromatic ring is 2. The number of hydrogen-bond acceptors (Lipinski definition) is 8. The maximum Gasteiger partial charge on any atom is 0.165 e. The Morgan fingerprint density at radius 1 is 0.558 bits per heavy atom. The van der Waals surface area contributed by atoms with E-state index >= 15 is 0 Å². The van der Waals surface area contributed by atoms with Gasteiger partial charge in [-0.05, 0) is 47.5 Å². The summed E-state index contributed by atoms with van der Waals surface area (Å²) in [5, 5.41) is 25.7. The van der Waals surface area contributed by atoms with E-state index in [1.165, 1.54) is 25.3 Å². The van der Waals surface area contributed by atoms with Crippen LogP contribution >= 0.6 is 0 Å². The number of ether oxygens (including phenoxy) is 1. The molecule has 0 unspecified atom stereocenters. The number of phenols is 1. The molecule has 0 aliphatic carbocycles. The van der Waals surface area contributed by atoms with Crippen LogP contribution in [0.5, 0.6) is 11.5 Å². The SMILES string of the molecule is COc1c(F)cccc1-c1cc(-c2ccccc2)c(N)nn1.Nc1nnc(-c2cccc(F)c2O)cc1-c1ccccc1. The topological polar surface area (TPSA) is 133 Å². The summed E-state index contributed by atoms with van der Waals surface area (Å²) in [5.74, 6) is -0.852. The smallest absolute Gasteiger partial charge is 0.165 e. The van der Waals surface area contributed by atoms with Crippen LogP contribution in [-0.4, -0.2) is 32.6 Å². The van der Waals surface area contributed by atoms with Gasteiger partial charge in [-0.1, -0.05) is 72.8 Å². The number of hydrogen-bond donors (Lipinski definition) is 3. The summed E-state index contributed by atoms with van der Waals surface area (Å²) in [5.41, 5.74) is 16.7. The molecule has 2 aromatic heterocycles. The second kappa shape index (κ2) is 12.7. The summed E-state index contributed by atoms with van der Waals surface area (Å²) < 4.78 is 32.4. The lowest BCUT2D eigenvalue weighted by Crippen LogP contribution is -2.00. The first-order chi connectivity index (χ1) is 20.9. The van der Waals surface area contributed by atoms with Crippen molar-refractivity contribution in [1.29, 1.82) is 0 Å². The van der Waals surface area contributed by atoms with Crippen LogP contribution in [-0.2, 0) is 0 Å². The van der Waals surface area contributed by atoms with Crippen molar-refractivity contribution in [1.82, 2.24) is 20.4 Å². The van der Waals surface area contributed by atoms with E-state index in [9.17, 15) is 13.9 Å². The molecule has 10 heteroatoms. The quantitative estimate of drug-likeness (QED) is 0.205. The number of aromatic hydroxyl groups is 1. The molecule has 0 aliphatic heterocycles. The average molecular weight is 577 g/mol. The van der Waals surface area contributed by atoms with Gasteiger partial charge in [0.25, 0.3) is 0 Å². The van der Waals surface area contributed by atoms with Crippen LogP contribution in [0.25, 0.3) is 44.8 Å². The first-order valence-electron chi connectivity index (χ1n) is 13.0. The maximum absolute atomic E-state index is 13.8. The van der Waals surface area contributed by atoms with Crippen molar-refractivity contribution in [2.24, 2.45) is 0 Å². The molecule has 214 valence electrons. The largest absolute Gasteiger partial charge is 0.504 e. The molecule has 0 saturated heterocycles. The van der Waals surface area contributed by atoms with Crippen molar-refractivity contribution in [2.45, 2.75) is 0 Å². The lowest BCUT2D eigenvalue weighted by atomic mass is 10.0. The molecule has 0 aliphatic rings. The highest BCUT2D eigenvalue weighted by Crippen LogP contribution is 2.35. The number of methoxy groups -OCH3 is 1. The van der Waals surface area contributed by atoms with Gasteiger partial charge in [0.2, 0.25) is 0 Å². The molecule has 0 radical (unpaired) electrons. The minimum absolute atomic E-state index is 0.139. The van der Waals surface area contributed by atoms with E-state index < -0.39 is 17.4 Å². The Bertz CT molecular complexity index is 1870. The minimum atomic E-state index is -0.701. The number of benzene rings is 4. The summed E-state index contributed by atoms with van der Waals surface area (Å²) in [7, 11) is 1.42. The van der Waals surface area contributed by atoms with Crippen LogP contribution < -0.4 is 16.2 Å². The number of phenolic OH excluding ortho intramolecular Hbond substituents is 1. The van der Waals surface area contributed by atoms with Crippen LogP contribution in [0.3, 0.4) is 0 Å². The Kier molecular flexibility index (Phi) is 8.48. The van der Waals surface area contributed by atoms with Crippen LogP contribution in [0.2, 0.25) is 0 Å². The lowest BCUT2D eigenvalue weighted by molar-refractivity contribution is 0.388. The number of anilines is 2. The second-order valence-electron chi connectivity index (χ2n) is 9.25. The standard InChI is InChI=1S/C17H14FN3O.C16H12FN3O/c1-22-16-12(8-5-9-14(16)18)15-10-13(17(19)21-20-15)11-6-3-2-4-7-11;17-13-8-4-7-11(15(13)21)14-9-12(16(18)20-19-14)10-5-2-1-3-6-10/h2-10H,1H3,(H2,19,21);1-9,21H,(H2,18,20). The van der Waals surface area contributed by atoms with E-state index in [0.29, 0.717) is 28.3 Å². The maximum atomic E-state index is 13.8. The molecule has 43 heavy (non-hydrogen) atoms. The van der Waals surface area contributed by atoms with Gasteiger partial charge < -0.3 is 21.3 Å². The van der Waals surface area contributed by atoms with Crippen molar-refractivity contribution < 1.29 is 18.6 Å². The monoisotopic (exact) mass is 576 g/mol. The number of nitrogens with two attached hydrogens (primary N) is 2. The van der Waals surface area contributed by atoms with Gasteiger partial charge in [0, 0.05) is 22.3 Å². The highest BCUT2D eigenvalue weighted by Gasteiger charge is 2.15. The third kappa shape index (κ3) is 6.23. The third-order valence-electron chi connectivity index (χ3n) is 6.52. The average Bonchev–Trinajstić information content (AvgIpc) is 3.04. The summed E-state index contributed by atoms with van der Waals surface area (Å²) in [6.45, 7) is 0. The fraction of sp³-hybridized carbons (Fsp3) is 0.0303. The minimum Gasteiger partial charge on any atom is -0.504 e. The molecular weight excluding hydrogens is 550 g/mol. The summed E-state index contributed by atoms with van der Waals surface area (Å²) in [4.78, 5) is 0. The zero-order valence-corrected chi connectivity index (χ0v) is 22.9. The normalized spacial score (nSPS) is 10.5. The van der Waals surface area contributed by atoms with E-state index in [-0.39, 0.29) is 17.1 Å². The van der Waals surface area contributed by atoms with Gasteiger partial charge in [0.05, 0.1) is 18.5 Å². The lowest BCUT2D eigenvalue weighted by Gasteiger charge is -2.10. The molecule has 2 heterocycles. The fourth-order valence-electron chi connectivity index (χ4n) is 4.40. The van der Waals surface area contributed by atoms with Gasteiger partial charge >= 0.3 is 0 Å². The van der Waals surface area contributed by atoms with Crippen molar-refractivity contribution >= 4 is 11.6 Å². The first-order valence-corrected chi connectivity index (χ1v) is 13.0. The van der Waals surface area contributed by atoms with Gasteiger partial charge in [0.15, 0.2) is 34.8 Å². The first kappa shape index (κ1) is 28.6. The van der Waals surface area contributed by atoms with Crippen molar-refractivity contribution in [3.8, 4) is 56.3 Å². The molecule has 5 N–H and O–H groups in total. The Hall–Kier alpha value is -5.90. The molecule has 0 amide bonds. The van der Waals surface area contributed by atoms with Crippen molar-refractivity contribution in [3.05, 3.63) is 121 Å². The third-order valence-corrected chi connectivity index (χ3v) is 6.52. The summed E-state index contributed by atoms with van der Waals surface area (Å²) in [6, 6.07) is 31.5. The Balaban J connectivity index is 0.000000171. The van der Waals surface area contributed by atoms with Crippen LogP contribution in [0.1, 0.15) is 0 Å². The number of halogens is 2. The Morgan fingerprint density at radius 3 is 1.53 bits per heavy atom. The van der Waals surface area contributed by atoms with Crippen LogP contribution in [0.4, 0.5) is 20.4 Å². The van der Waals surface area contributed by atoms with Gasteiger partial charge in [-0.3, -0.25) is 0 Å². The Morgan fingerprint density at radius 2 is 1.02 bits per heavy atom. The van der Waals surface area contributed by atoms with E-state index in [0.717, 1.165) is 16.7 Å². The van der Waals surface area contributed by atoms with Gasteiger partial charge in [0.1, 0.15) is 0 Å². The highest BCUT2D eigenvalue weighted by molar-refractivity contribution is 5.80. The molecular formula is C33H26F2N6O2. The van der Waals surface area contributed by atoms with E-state index in [4.69, 9.17) is 16.2 Å². The Labute approximate surface area is 246 Å². The highest BCUT2D eigenvalue weighted by atomic mass is 19.1.